The normalized spacial score (nSPS) is 11.5. The van der Waals surface area contributed by atoms with Crippen molar-refractivity contribution in [2.45, 2.75) is 5.67 Å². The molecule has 0 atom stereocenters. The predicted molar refractivity (Wildman–Crippen MR) is 175 cm³/mol. The Labute approximate surface area is 244 Å². The van der Waals surface area contributed by atoms with Gasteiger partial charge in [0.2, 0.25) is 0 Å². The third-order valence-electron chi connectivity index (χ3n) is 7.53. The van der Waals surface area contributed by atoms with Crippen LogP contribution in [0.4, 0.5) is 0 Å². The molecule has 0 saturated heterocycles. The largest absolute Gasteiger partial charge is 0.535 e. The highest BCUT2D eigenvalue weighted by atomic mass is 28.4. The maximum atomic E-state index is 7.40. The lowest BCUT2D eigenvalue weighted by Crippen LogP contribution is -2.74. The van der Waals surface area contributed by atoms with Crippen LogP contribution in [0.2, 0.25) is 5.67 Å². The lowest BCUT2D eigenvalue weighted by Gasteiger charge is -2.41. The molecule has 6 aromatic carbocycles. The second-order valence-corrected chi connectivity index (χ2v) is 17.6. The molecule has 0 radical (unpaired) electrons. The van der Waals surface area contributed by atoms with Crippen LogP contribution in [0.5, 0.6) is 11.5 Å². The molecular formula is C37H32O2Si2. The van der Waals surface area contributed by atoms with E-state index in [0.29, 0.717) is 0 Å². The highest BCUT2D eigenvalue weighted by Gasteiger charge is 2.54. The van der Waals surface area contributed by atoms with E-state index in [1.165, 1.54) is 20.7 Å². The molecule has 0 bridgehead atoms. The molecule has 0 unspecified atom stereocenters. The van der Waals surface area contributed by atoms with Crippen LogP contribution < -0.4 is 29.6 Å². The van der Waals surface area contributed by atoms with Gasteiger partial charge in [-0.05, 0) is 45.0 Å². The molecule has 4 heteroatoms. The molecule has 0 fully saturated rings. The molecular weight excluding hydrogens is 533 g/mol. The van der Waals surface area contributed by atoms with Crippen molar-refractivity contribution in [1.29, 1.82) is 0 Å². The molecule has 6 rings (SSSR count). The van der Waals surface area contributed by atoms with Crippen LogP contribution in [-0.4, -0.2) is 16.6 Å². The molecule has 0 aliphatic rings. The van der Waals surface area contributed by atoms with E-state index in [0.717, 1.165) is 17.2 Å². The smallest absolute Gasteiger partial charge is 0.316 e. The Hall–Kier alpha value is -4.65. The molecule has 0 N–H and O–H groups in total. The molecule has 41 heavy (non-hydrogen) atoms. The van der Waals surface area contributed by atoms with Crippen molar-refractivity contribution in [2.75, 3.05) is 0 Å². The summed E-state index contributed by atoms with van der Waals surface area (Å²) in [6.07, 6.45) is 0. The summed E-state index contributed by atoms with van der Waals surface area (Å²) in [7, 11) is -6.01. The summed E-state index contributed by atoms with van der Waals surface area (Å²) in [5.74, 6) is 1.74. The van der Waals surface area contributed by atoms with Crippen molar-refractivity contribution >= 4 is 37.4 Å². The standard InChI is InChI=1S/C37H32O2Si2/c1-7-19-32(20-8-1)38-40(34-23-11-3-12-24-34,35-25-13-4-14-26-35)31-41(36-27-15-5-16-28-36,37-29-17-6-18-30-37)39-33-21-9-2-10-22-33/h1-30H,31H2. The maximum absolute atomic E-state index is 7.40. The summed E-state index contributed by atoms with van der Waals surface area (Å²) in [5.41, 5.74) is 0.742. The van der Waals surface area contributed by atoms with Gasteiger partial charge < -0.3 is 8.85 Å². The van der Waals surface area contributed by atoms with Crippen molar-refractivity contribution in [3.63, 3.8) is 0 Å². The first-order valence-electron chi connectivity index (χ1n) is 14.0. The number of para-hydroxylation sites is 2. The highest BCUT2D eigenvalue weighted by molar-refractivity contribution is 7.13. The van der Waals surface area contributed by atoms with E-state index in [-0.39, 0.29) is 0 Å². The molecule has 2 nitrogen and oxygen atoms in total. The van der Waals surface area contributed by atoms with Crippen LogP contribution >= 0.6 is 0 Å². The molecule has 0 amide bonds. The second kappa shape index (κ2) is 12.3. The van der Waals surface area contributed by atoms with E-state index in [1.54, 1.807) is 0 Å². The van der Waals surface area contributed by atoms with Gasteiger partial charge in [-0.1, -0.05) is 158 Å². The Balaban J connectivity index is 1.66. The molecule has 0 aromatic heterocycles. The third-order valence-corrected chi connectivity index (χ3v) is 17.7. The van der Waals surface area contributed by atoms with E-state index in [1.807, 2.05) is 36.4 Å². The first kappa shape index (κ1) is 26.6. The lowest BCUT2D eigenvalue weighted by atomic mass is 10.3. The molecule has 0 aliphatic carbocycles. The van der Waals surface area contributed by atoms with E-state index >= 15 is 0 Å². The summed E-state index contributed by atoms with van der Waals surface area (Å²) >= 11 is 0. The fourth-order valence-electron chi connectivity index (χ4n) is 5.61. The summed E-state index contributed by atoms with van der Waals surface area (Å²) in [6.45, 7) is 0. The lowest BCUT2D eigenvalue weighted by molar-refractivity contribution is 0.546. The first-order valence-corrected chi connectivity index (χ1v) is 18.2. The molecule has 0 aliphatic heterocycles. The van der Waals surface area contributed by atoms with Gasteiger partial charge in [-0.3, -0.25) is 0 Å². The molecule has 0 saturated carbocycles. The van der Waals surface area contributed by atoms with Crippen molar-refractivity contribution < 1.29 is 8.85 Å². The SMILES string of the molecule is c1ccc(O[Si](C[Si](Oc2ccccc2)(c2ccccc2)c2ccccc2)(c2ccccc2)c2ccccc2)cc1. The molecule has 0 heterocycles. The second-order valence-electron chi connectivity index (χ2n) is 10.1. The summed E-state index contributed by atoms with van der Waals surface area (Å²) in [4.78, 5) is 0. The van der Waals surface area contributed by atoms with Gasteiger partial charge in [-0.15, -0.1) is 0 Å². The minimum Gasteiger partial charge on any atom is -0.535 e. The van der Waals surface area contributed by atoms with E-state index < -0.39 is 16.6 Å². The van der Waals surface area contributed by atoms with E-state index in [4.69, 9.17) is 8.85 Å². The Morgan fingerprint density at radius 2 is 0.512 bits per heavy atom. The maximum Gasteiger partial charge on any atom is 0.316 e. The fourth-order valence-corrected chi connectivity index (χ4v) is 17.4. The van der Waals surface area contributed by atoms with Gasteiger partial charge >= 0.3 is 16.6 Å². The number of hydrogen-bond donors (Lipinski definition) is 0. The zero-order chi connectivity index (χ0) is 27.8. The Bertz CT molecular complexity index is 1430. The molecule has 6 aromatic rings. The summed E-state index contributed by atoms with van der Waals surface area (Å²) in [5, 5.41) is 4.87. The Kier molecular flexibility index (Phi) is 7.94. The van der Waals surface area contributed by atoms with Gasteiger partial charge in [0, 0.05) is 5.67 Å². The third kappa shape index (κ3) is 5.66. The van der Waals surface area contributed by atoms with Crippen LogP contribution in [0.25, 0.3) is 0 Å². The number of rotatable bonds is 10. The van der Waals surface area contributed by atoms with E-state index in [2.05, 4.69) is 146 Å². The zero-order valence-electron chi connectivity index (χ0n) is 22.8. The highest BCUT2D eigenvalue weighted by Crippen LogP contribution is 2.28. The van der Waals surface area contributed by atoms with Crippen molar-refractivity contribution in [3.05, 3.63) is 182 Å². The zero-order valence-corrected chi connectivity index (χ0v) is 24.8. The Morgan fingerprint density at radius 3 is 0.756 bits per heavy atom. The minimum atomic E-state index is -3.01. The first-order chi connectivity index (χ1) is 20.3. The van der Waals surface area contributed by atoms with Crippen LogP contribution in [0.3, 0.4) is 0 Å². The molecule has 0 spiro atoms. The minimum absolute atomic E-state index is 0.742. The van der Waals surface area contributed by atoms with Gasteiger partial charge in [0.05, 0.1) is 0 Å². The fraction of sp³-hybridized carbons (Fsp3) is 0.0270. The monoisotopic (exact) mass is 564 g/mol. The average molecular weight is 565 g/mol. The van der Waals surface area contributed by atoms with Crippen molar-refractivity contribution in [3.8, 4) is 11.5 Å². The van der Waals surface area contributed by atoms with Gasteiger partial charge in [0.25, 0.3) is 0 Å². The predicted octanol–water partition coefficient (Wildman–Crippen LogP) is 6.20. The van der Waals surface area contributed by atoms with Crippen molar-refractivity contribution in [1.82, 2.24) is 0 Å². The quantitative estimate of drug-likeness (QED) is 0.184. The van der Waals surface area contributed by atoms with Crippen LogP contribution in [0, 0.1) is 0 Å². The van der Waals surface area contributed by atoms with Gasteiger partial charge in [-0.2, -0.15) is 0 Å². The van der Waals surface area contributed by atoms with Gasteiger partial charge in [0.1, 0.15) is 11.5 Å². The van der Waals surface area contributed by atoms with Crippen molar-refractivity contribution in [2.24, 2.45) is 0 Å². The Morgan fingerprint density at radius 1 is 0.293 bits per heavy atom. The summed E-state index contributed by atoms with van der Waals surface area (Å²) in [6, 6.07) is 63.7. The summed E-state index contributed by atoms with van der Waals surface area (Å²) < 4.78 is 14.8. The number of benzene rings is 6. The molecule has 200 valence electrons. The van der Waals surface area contributed by atoms with Gasteiger partial charge in [0.15, 0.2) is 0 Å². The van der Waals surface area contributed by atoms with Gasteiger partial charge in [-0.25, -0.2) is 0 Å². The van der Waals surface area contributed by atoms with Crippen LogP contribution in [-0.2, 0) is 0 Å². The topological polar surface area (TPSA) is 18.5 Å². The van der Waals surface area contributed by atoms with E-state index in [9.17, 15) is 0 Å². The van der Waals surface area contributed by atoms with Crippen LogP contribution in [0.1, 0.15) is 0 Å². The van der Waals surface area contributed by atoms with Crippen LogP contribution in [0.15, 0.2) is 182 Å². The number of hydrogen-bond acceptors (Lipinski definition) is 2. The average Bonchev–Trinajstić information content (AvgIpc) is 3.06.